The number of rotatable bonds is 6. The number of allylic oxidation sites excluding steroid dienone is 4. The highest BCUT2D eigenvalue weighted by atomic mass is 16.5. The number of hydrogen-bond donors (Lipinski definition) is 5. The summed E-state index contributed by atoms with van der Waals surface area (Å²) >= 11 is 0. The molecular weight excluding hydrogens is 274 g/mol. The highest BCUT2D eigenvalue weighted by Gasteiger charge is 2.27. The van der Waals surface area contributed by atoms with Gasteiger partial charge in [0.05, 0.1) is 31.6 Å². The van der Waals surface area contributed by atoms with Crippen molar-refractivity contribution >= 4 is 11.6 Å². The molecule has 0 bridgehead atoms. The molecule has 1 rings (SSSR count). The smallest absolute Gasteiger partial charge is 0.268 e. The Morgan fingerprint density at radius 1 is 1.38 bits per heavy atom. The number of ether oxygens (including phenoxy) is 1. The number of aliphatic hydroxyl groups excluding tert-OH is 2. The number of aliphatic hydroxyl groups is 2. The molecule has 0 aromatic rings. The molecule has 0 aliphatic heterocycles. The van der Waals surface area contributed by atoms with Crippen LogP contribution >= 0.6 is 0 Å². The number of carbonyl (C=O) groups excluding carboxylic acids is 1. The molecule has 1 aliphatic rings. The van der Waals surface area contributed by atoms with Crippen LogP contribution in [-0.2, 0) is 9.53 Å². The summed E-state index contributed by atoms with van der Waals surface area (Å²) in [5.74, 6) is -0.00141. The first-order valence-electron chi connectivity index (χ1n) is 6.39. The Morgan fingerprint density at radius 2 is 2.00 bits per heavy atom. The van der Waals surface area contributed by atoms with Gasteiger partial charge in [0, 0.05) is 12.6 Å². The first kappa shape index (κ1) is 16.9. The molecule has 0 fully saturated rings. The molecule has 116 valence electrons. The van der Waals surface area contributed by atoms with Crippen molar-refractivity contribution in [2.45, 2.75) is 12.5 Å². The van der Waals surface area contributed by atoms with E-state index in [-0.39, 0.29) is 11.4 Å². The molecule has 7 heteroatoms. The molecule has 0 aromatic carbocycles. The molecule has 0 spiro atoms. The molecule has 7 nitrogen and oxygen atoms in total. The summed E-state index contributed by atoms with van der Waals surface area (Å²) in [7, 11) is 3.06. The van der Waals surface area contributed by atoms with Crippen LogP contribution in [0, 0.1) is 5.41 Å². The average Bonchev–Trinajstić information content (AvgIpc) is 2.49. The zero-order valence-electron chi connectivity index (χ0n) is 12.4. The molecule has 0 atom stereocenters. The largest absolute Gasteiger partial charge is 0.497 e. The lowest BCUT2D eigenvalue weighted by molar-refractivity contribution is -0.120. The molecule has 1 amide bonds. The standard InChI is InChI=1S/C14H21N3O4/c1-14(7-18,8-19)17-13(20)12(16-2)10-6-9(21-3)4-5-11(10)15/h4-6,15-16,18-19H,7-8H2,1-3H3,(H,17,20)/b12-10-,15-11?. The molecular formula is C14H21N3O4. The quantitative estimate of drug-likeness (QED) is 0.421. The maximum Gasteiger partial charge on any atom is 0.268 e. The van der Waals surface area contributed by atoms with E-state index in [4.69, 9.17) is 10.1 Å². The van der Waals surface area contributed by atoms with Gasteiger partial charge in [-0.05, 0) is 25.2 Å². The van der Waals surface area contributed by atoms with Crippen LogP contribution in [0.5, 0.6) is 0 Å². The summed E-state index contributed by atoms with van der Waals surface area (Å²) in [6.45, 7) is 0.710. The Labute approximate surface area is 123 Å². The van der Waals surface area contributed by atoms with Gasteiger partial charge in [0.2, 0.25) is 0 Å². The van der Waals surface area contributed by atoms with Crippen LogP contribution in [0.2, 0.25) is 0 Å². The van der Waals surface area contributed by atoms with Crippen molar-refractivity contribution < 1.29 is 19.7 Å². The Bertz CT molecular complexity index is 516. The Hall–Kier alpha value is -2.12. The van der Waals surface area contributed by atoms with E-state index in [0.29, 0.717) is 11.3 Å². The highest BCUT2D eigenvalue weighted by molar-refractivity contribution is 6.14. The predicted octanol–water partition coefficient (Wildman–Crippen LogP) is -0.561. The number of carbonyl (C=O) groups is 1. The minimum Gasteiger partial charge on any atom is -0.497 e. The lowest BCUT2D eigenvalue weighted by Gasteiger charge is -2.27. The lowest BCUT2D eigenvalue weighted by Crippen LogP contribution is -2.53. The molecule has 0 radical (unpaired) electrons. The number of amides is 1. The van der Waals surface area contributed by atoms with Crippen molar-refractivity contribution in [3.05, 3.63) is 35.3 Å². The summed E-state index contributed by atoms with van der Waals surface area (Å²) in [5.41, 5.74) is -0.454. The summed E-state index contributed by atoms with van der Waals surface area (Å²) < 4.78 is 5.09. The lowest BCUT2D eigenvalue weighted by atomic mass is 10.00. The van der Waals surface area contributed by atoms with Crippen molar-refractivity contribution in [2.75, 3.05) is 27.4 Å². The minimum absolute atomic E-state index is 0.157. The third-order valence-corrected chi connectivity index (χ3v) is 3.09. The summed E-state index contributed by atoms with van der Waals surface area (Å²) in [4.78, 5) is 12.3. The van der Waals surface area contributed by atoms with Crippen LogP contribution in [0.15, 0.2) is 35.3 Å². The predicted molar refractivity (Wildman–Crippen MR) is 78.8 cm³/mol. The maximum atomic E-state index is 12.3. The Morgan fingerprint density at radius 3 is 2.48 bits per heavy atom. The average molecular weight is 295 g/mol. The van der Waals surface area contributed by atoms with E-state index in [1.807, 2.05) is 0 Å². The van der Waals surface area contributed by atoms with Gasteiger partial charge in [-0.2, -0.15) is 0 Å². The third-order valence-electron chi connectivity index (χ3n) is 3.09. The molecule has 0 heterocycles. The van der Waals surface area contributed by atoms with E-state index < -0.39 is 24.7 Å². The van der Waals surface area contributed by atoms with Gasteiger partial charge in [-0.3, -0.25) is 4.79 Å². The van der Waals surface area contributed by atoms with E-state index in [1.165, 1.54) is 20.1 Å². The van der Waals surface area contributed by atoms with Gasteiger partial charge >= 0.3 is 0 Å². The van der Waals surface area contributed by atoms with Gasteiger partial charge < -0.3 is 31.0 Å². The Kier molecular flexibility index (Phi) is 5.69. The number of hydrogen-bond acceptors (Lipinski definition) is 6. The Balaban J connectivity index is 3.14. The minimum atomic E-state index is -1.14. The van der Waals surface area contributed by atoms with Gasteiger partial charge in [0.1, 0.15) is 11.5 Å². The first-order chi connectivity index (χ1) is 9.90. The van der Waals surface area contributed by atoms with E-state index in [0.717, 1.165) is 0 Å². The third kappa shape index (κ3) is 3.93. The molecule has 0 saturated heterocycles. The number of likely N-dealkylation sites (N-methyl/N-ethyl adjacent to an activating group) is 1. The number of methoxy groups -OCH3 is 1. The van der Waals surface area contributed by atoms with Crippen LogP contribution in [-0.4, -0.2) is 54.7 Å². The zero-order valence-corrected chi connectivity index (χ0v) is 12.4. The molecule has 0 unspecified atom stereocenters. The van der Waals surface area contributed by atoms with E-state index in [9.17, 15) is 15.0 Å². The summed E-state index contributed by atoms with van der Waals surface area (Å²) in [6, 6.07) is 0. The fourth-order valence-corrected chi connectivity index (χ4v) is 1.69. The SMILES string of the molecule is CN/C(C(=O)NC(C)(CO)CO)=C1/C=C(OC)C=CC1=N. The fourth-order valence-electron chi connectivity index (χ4n) is 1.69. The molecule has 1 aliphatic carbocycles. The van der Waals surface area contributed by atoms with Crippen LogP contribution < -0.4 is 10.6 Å². The van der Waals surface area contributed by atoms with Crippen LogP contribution in [0.1, 0.15) is 6.92 Å². The van der Waals surface area contributed by atoms with Crippen molar-refractivity contribution in [3.8, 4) is 0 Å². The highest BCUT2D eigenvalue weighted by Crippen LogP contribution is 2.17. The zero-order chi connectivity index (χ0) is 16.0. The molecule has 21 heavy (non-hydrogen) atoms. The molecule has 0 saturated carbocycles. The van der Waals surface area contributed by atoms with E-state index >= 15 is 0 Å². The van der Waals surface area contributed by atoms with Gasteiger partial charge in [-0.1, -0.05) is 0 Å². The first-order valence-corrected chi connectivity index (χ1v) is 6.39. The molecule has 0 aromatic heterocycles. The van der Waals surface area contributed by atoms with Gasteiger partial charge in [-0.15, -0.1) is 0 Å². The van der Waals surface area contributed by atoms with Crippen LogP contribution in [0.25, 0.3) is 0 Å². The summed E-state index contributed by atoms with van der Waals surface area (Å²) in [5, 5.41) is 31.7. The van der Waals surface area contributed by atoms with Crippen LogP contribution in [0.4, 0.5) is 0 Å². The topological polar surface area (TPSA) is 115 Å². The van der Waals surface area contributed by atoms with Gasteiger partial charge in [0.15, 0.2) is 0 Å². The fraction of sp³-hybridized carbons (Fsp3) is 0.429. The number of nitrogens with one attached hydrogen (secondary N) is 3. The normalized spacial score (nSPS) is 17.2. The van der Waals surface area contributed by atoms with Gasteiger partial charge in [-0.25, -0.2) is 0 Å². The van der Waals surface area contributed by atoms with E-state index in [1.54, 1.807) is 19.2 Å². The second-order valence-corrected chi connectivity index (χ2v) is 4.87. The van der Waals surface area contributed by atoms with Gasteiger partial charge in [0.25, 0.3) is 5.91 Å². The monoisotopic (exact) mass is 295 g/mol. The van der Waals surface area contributed by atoms with E-state index in [2.05, 4.69) is 10.6 Å². The van der Waals surface area contributed by atoms with Crippen molar-refractivity contribution in [1.82, 2.24) is 10.6 Å². The van der Waals surface area contributed by atoms with Crippen molar-refractivity contribution in [2.24, 2.45) is 0 Å². The van der Waals surface area contributed by atoms with Crippen molar-refractivity contribution in [3.63, 3.8) is 0 Å². The molecule has 5 N–H and O–H groups in total. The maximum absolute atomic E-state index is 12.3. The van der Waals surface area contributed by atoms with Crippen LogP contribution in [0.3, 0.4) is 0 Å². The van der Waals surface area contributed by atoms with Crippen molar-refractivity contribution in [1.29, 1.82) is 5.41 Å². The summed E-state index contributed by atoms with van der Waals surface area (Å²) in [6.07, 6.45) is 4.72. The second kappa shape index (κ2) is 7.05. The second-order valence-electron chi connectivity index (χ2n) is 4.87.